The van der Waals surface area contributed by atoms with Gasteiger partial charge in [0.15, 0.2) is 9.84 Å². The number of sulfone groups is 1. The van der Waals surface area contributed by atoms with E-state index in [0.717, 1.165) is 17.5 Å². The largest absolute Gasteiger partial charge is 0.396 e. The number of rotatable bonds is 5. The Kier molecular flexibility index (Phi) is 4.30. The molecule has 2 aromatic rings. The fourth-order valence-corrected chi connectivity index (χ4v) is 5.48. The number of aryl methyl sites for hydroxylation is 2. The Morgan fingerprint density at radius 3 is 2.13 bits per heavy atom. The highest BCUT2D eigenvalue weighted by atomic mass is 32.2. The average molecular weight is 330 g/mol. The molecular formula is C19H22O3S. The molecule has 3 nitrogen and oxygen atoms in total. The van der Waals surface area contributed by atoms with Gasteiger partial charge in [0.05, 0.1) is 10.1 Å². The van der Waals surface area contributed by atoms with E-state index in [4.69, 9.17) is 0 Å². The van der Waals surface area contributed by atoms with Gasteiger partial charge in [-0.2, -0.15) is 0 Å². The summed E-state index contributed by atoms with van der Waals surface area (Å²) in [5, 5.41) is 9.07. The van der Waals surface area contributed by atoms with E-state index >= 15 is 0 Å². The van der Waals surface area contributed by atoms with Crippen LogP contribution in [0.1, 0.15) is 29.5 Å². The molecule has 0 heterocycles. The third-order valence-corrected chi connectivity index (χ3v) is 7.08. The molecule has 1 aliphatic rings. The lowest BCUT2D eigenvalue weighted by Crippen LogP contribution is -2.11. The zero-order chi connectivity index (χ0) is 16.6. The first-order chi connectivity index (χ1) is 11.0. The minimum absolute atomic E-state index is 0.101. The van der Waals surface area contributed by atoms with Gasteiger partial charge >= 0.3 is 0 Å². The Balaban J connectivity index is 1.90. The van der Waals surface area contributed by atoms with E-state index in [0.29, 0.717) is 4.90 Å². The molecule has 0 radical (unpaired) electrons. The lowest BCUT2D eigenvalue weighted by Gasteiger charge is -2.05. The Hall–Kier alpha value is -1.65. The van der Waals surface area contributed by atoms with Gasteiger partial charge in [0.2, 0.25) is 0 Å². The highest BCUT2D eigenvalue weighted by molar-refractivity contribution is 7.92. The van der Waals surface area contributed by atoms with E-state index in [2.05, 4.69) is 6.92 Å². The van der Waals surface area contributed by atoms with Crippen molar-refractivity contribution in [2.24, 2.45) is 5.92 Å². The molecule has 1 aliphatic carbocycles. The van der Waals surface area contributed by atoms with Crippen LogP contribution in [0.15, 0.2) is 53.4 Å². The first-order valence-corrected chi connectivity index (χ1v) is 9.54. The van der Waals surface area contributed by atoms with E-state index in [1.807, 2.05) is 43.3 Å². The van der Waals surface area contributed by atoms with Crippen molar-refractivity contribution < 1.29 is 13.5 Å². The highest BCUT2D eigenvalue weighted by Gasteiger charge is 2.58. The molecule has 0 bridgehead atoms. The predicted molar refractivity (Wildman–Crippen MR) is 91.3 cm³/mol. The number of hydrogen-bond acceptors (Lipinski definition) is 3. The topological polar surface area (TPSA) is 54.4 Å². The van der Waals surface area contributed by atoms with Gasteiger partial charge in [-0.25, -0.2) is 8.42 Å². The summed E-state index contributed by atoms with van der Waals surface area (Å²) in [5.74, 6) is -0.328. The Morgan fingerprint density at radius 2 is 1.61 bits per heavy atom. The molecular weight excluding hydrogens is 308 g/mol. The highest BCUT2D eigenvalue weighted by Crippen LogP contribution is 2.53. The molecule has 1 fully saturated rings. The molecule has 4 heteroatoms. The van der Waals surface area contributed by atoms with Crippen LogP contribution < -0.4 is 0 Å². The van der Waals surface area contributed by atoms with Crippen molar-refractivity contribution in [2.45, 2.75) is 36.3 Å². The van der Waals surface area contributed by atoms with Crippen LogP contribution in [-0.2, 0) is 16.3 Å². The van der Waals surface area contributed by atoms with Gasteiger partial charge in [0.25, 0.3) is 0 Å². The molecule has 3 rings (SSSR count). The summed E-state index contributed by atoms with van der Waals surface area (Å²) in [6.45, 7) is 3.92. The lowest BCUT2D eigenvalue weighted by molar-refractivity contribution is 0.274. The molecule has 1 N–H and O–H groups in total. The fourth-order valence-electron chi connectivity index (χ4n) is 3.28. The predicted octanol–water partition coefficient (Wildman–Crippen LogP) is 3.11. The van der Waals surface area contributed by atoms with Crippen LogP contribution in [0.25, 0.3) is 0 Å². The smallest absolute Gasteiger partial charge is 0.182 e. The molecule has 3 atom stereocenters. The zero-order valence-corrected chi connectivity index (χ0v) is 14.3. The first-order valence-electron chi connectivity index (χ1n) is 7.99. The number of aliphatic hydroxyl groups excluding tert-OH is 1. The molecule has 0 spiro atoms. The van der Waals surface area contributed by atoms with Crippen LogP contribution >= 0.6 is 0 Å². The second-order valence-corrected chi connectivity index (χ2v) is 8.40. The molecule has 2 aromatic carbocycles. The van der Waals surface area contributed by atoms with Gasteiger partial charge in [-0.05, 0) is 36.6 Å². The van der Waals surface area contributed by atoms with Crippen molar-refractivity contribution >= 4 is 9.84 Å². The van der Waals surface area contributed by atoms with Crippen molar-refractivity contribution in [3.8, 4) is 0 Å². The monoisotopic (exact) mass is 330 g/mol. The summed E-state index contributed by atoms with van der Waals surface area (Å²) in [6, 6.07) is 15.0. The summed E-state index contributed by atoms with van der Waals surface area (Å²) < 4.78 is 25.7. The van der Waals surface area contributed by atoms with Crippen LogP contribution in [-0.4, -0.2) is 25.4 Å². The lowest BCUT2D eigenvalue weighted by atomic mass is 10.1. The van der Waals surface area contributed by atoms with Crippen molar-refractivity contribution in [3.05, 3.63) is 65.2 Å². The maximum atomic E-state index is 12.9. The van der Waals surface area contributed by atoms with Gasteiger partial charge in [-0.15, -0.1) is 0 Å². The minimum atomic E-state index is -3.42. The molecule has 0 unspecified atom stereocenters. The second-order valence-electron chi connectivity index (χ2n) is 6.29. The normalized spacial score (nSPS) is 23.7. The number of hydrogen-bond donors (Lipinski definition) is 1. The second kappa shape index (κ2) is 6.10. The third-order valence-electron chi connectivity index (χ3n) is 4.79. The van der Waals surface area contributed by atoms with Gasteiger partial charge in [0.1, 0.15) is 0 Å². The molecule has 0 amide bonds. The van der Waals surface area contributed by atoms with E-state index in [1.54, 1.807) is 12.1 Å². The average Bonchev–Trinajstić information content (AvgIpc) is 3.31. The SMILES string of the molecule is CCc1ccc([C@@H]2[C@H](CO)[C@H]2S(=O)(=O)c2ccc(C)cc2)cc1. The maximum absolute atomic E-state index is 12.9. The molecule has 0 aromatic heterocycles. The van der Waals surface area contributed by atoms with Crippen LogP contribution in [0.4, 0.5) is 0 Å². The summed E-state index contributed by atoms with van der Waals surface area (Å²) >= 11 is 0. The number of benzene rings is 2. The molecule has 122 valence electrons. The Labute approximate surface area is 137 Å². The van der Waals surface area contributed by atoms with E-state index in [9.17, 15) is 13.5 Å². The molecule has 0 aliphatic heterocycles. The minimum Gasteiger partial charge on any atom is -0.396 e. The zero-order valence-electron chi connectivity index (χ0n) is 13.4. The van der Waals surface area contributed by atoms with Gasteiger partial charge in [-0.1, -0.05) is 48.9 Å². The Morgan fingerprint density at radius 1 is 1.00 bits per heavy atom. The van der Waals surface area contributed by atoms with E-state index in [1.165, 1.54) is 5.56 Å². The van der Waals surface area contributed by atoms with Crippen LogP contribution in [0.3, 0.4) is 0 Å². The quantitative estimate of drug-likeness (QED) is 0.916. The maximum Gasteiger partial charge on any atom is 0.182 e. The Bertz CT molecular complexity index is 776. The van der Waals surface area contributed by atoms with Crippen molar-refractivity contribution in [2.75, 3.05) is 6.61 Å². The summed E-state index contributed by atoms with van der Waals surface area (Å²) in [5.41, 5.74) is 3.26. The fraction of sp³-hybridized carbons (Fsp3) is 0.368. The standard InChI is InChI=1S/C19H22O3S/c1-3-14-6-8-15(9-7-14)18-17(12-20)19(18)23(21,22)16-10-4-13(2)5-11-16/h4-11,17-20H,3,12H2,1-2H3/t17-,18+,19+/m0/s1. The molecule has 0 saturated heterocycles. The van der Waals surface area contributed by atoms with Crippen molar-refractivity contribution in [3.63, 3.8) is 0 Å². The number of aliphatic hydroxyl groups is 1. The van der Waals surface area contributed by atoms with Crippen molar-refractivity contribution in [1.29, 1.82) is 0 Å². The van der Waals surface area contributed by atoms with E-state index < -0.39 is 15.1 Å². The molecule has 23 heavy (non-hydrogen) atoms. The van der Waals surface area contributed by atoms with Crippen LogP contribution in [0.5, 0.6) is 0 Å². The van der Waals surface area contributed by atoms with E-state index in [-0.39, 0.29) is 18.4 Å². The summed E-state index contributed by atoms with van der Waals surface area (Å²) in [4.78, 5) is 0.347. The van der Waals surface area contributed by atoms with Gasteiger partial charge in [-0.3, -0.25) is 0 Å². The summed E-state index contributed by atoms with van der Waals surface area (Å²) in [6.07, 6.45) is 0.958. The van der Waals surface area contributed by atoms with Gasteiger partial charge < -0.3 is 5.11 Å². The van der Waals surface area contributed by atoms with Crippen LogP contribution in [0.2, 0.25) is 0 Å². The third kappa shape index (κ3) is 2.93. The van der Waals surface area contributed by atoms with Crippen LogP contribution in [0, 0.1) is 12.8 Å². The van der Waals surface area contributed by atoms with Gasteiger partial charge in [0, 0.05) is 18.4 Å². The summed E-state index contributed by atoms with van der Waals surface area (Å²) in [7, 11) is -3.42. The molecule has 1 saturated carbocycles. The first kappa shape index (κ1) is 16.2. The van der Waals surface area contributed by atoms with Crippen molar-refractivity contribution in [1.82, 2.24) is 0 Å².